The van der Waals surface area contributed by atoms with E-state index in [2.05, 4.69) is 4.98 Å². The van der Waals surface area contributed by atoms with E-state index in [0.29, 0.717) is 18.1 Å². The third-order valence-electron chi connectivity index (χ3n) is 2.69. The Morgan fingerprint density at radius 2 is 2.16 bits per heavy atom. The van der Waals surface area contributed by atoms with Crippen molar-refractivity contribution in [3.05, 3.63) is 39.8 Å². The van der Waals surface area contributed by atoms with Gasteiger partial charge in [-0.05, 0) is 31.5 Å². The molecule has 1 unspecified atom stereocenters. The molecule has 0 aliphatic heterocycles. The maximum absolute atomic E-state index is 9.54. The van der Waals surface area contributed by atoms with Crippen molar-refractivity contribution in [3.8, 4) is 11.5 Å². The quantitative estimate of drug-likeness (QED) is 0.913. The molecule has 5 heteroatoms. The number of benzene rings is 1. The maximum Gasteiger partial charge on any atom is 0.161 e. The third-order valence-corrected chi connectivity index (χ3v) is 3.63. The minimum atomic E-state index is -0.524. The minimum absolute atomic E-state index is 0.420. The van der Waals surface area contributed by atoms with Crippen LogP contribution in [0.3, 0.4) is 0 Å². The van der Waals surface area contributed by atoms with Crippen molar-refractivity contribution < 1.29 is 14.6 Å². The molecular weight excluding hydrogens is 262 g/mol. The molecule has 0 aliphatic rings. The van der Waals surface area contributed by atoms with Crippen LogP contribution < -0.4 is 9.47 Å². The number of aliphatic hydroxyl groups is 1. The average molecular weight is 279 g/mol. The van der Waals surface area contributed by atoms with Crippen molar-refractivity contribution in [1.29, 1.82) is 0 Å². The molecular formula is C14H17NO3S. The number of hydrogen-bond acceptors (Lipinski definition) is 5. The number of hydrogen-bond donors (Lipinski definition) is 1. The van der Waals surface area contributed by atoms with Gasteiger partial charge in [-0.3, -0.25) is 0 Å². The molecule has 1 atom stereocenters. The molecule has 1 heterocycles. The first-order valence-corrected chi connectivity index (χ1v) is 6.88. The normalized spacial score (nSPS) is 12.2. The Kier molecular flexibility index (Phi) is 4.39. The van der Waals surface area contributed by atoms with E-state index >= 15 is 0 Å². The van der Waals surface area contributed by atoms with Crippen LogP contribution in [0.5, 0.6) is 11.5 Å². The molecule has 0 fully saturated rings. The van der Waals surface area contributed by atoms with Crippen molar-refractivity contribution in [2.75, 3.05) is 7.11 Å². The number of aliphatic hydroxyl groups excluding tert-OH is 1. The van der Waals surface area contributed by atoms with Gasteiger partial charge in [0.05, 0.1) is 13.2 Å². The second-order valence-corrected chi connectivity index (χ2v) is 5.20. The largest absolute Gasteiger partial charge is 0.493 e. The lowest BCUT2D eigenvalue weighted by Crippen LogP contribution is -1.99. The van der Waals surface area contributed by atoms with E-state index in [1.165, 1.54) is 0 Å². The van der Waals surface area contributed by atoms with Gasteiger partial charge in [0.2, 0.25) is 0 Å². The maximum atomic E-state index is 9.54. The van der Waals surface area contributed by atoms with E-state index in [0.717, 1.165) is 16.3 Å². The summed E-state index contributed by atoms with van der Waals surface area (Å²) in [6, 6.07) is 5.42. The number of methoxy groups -OCH3 is 1. The van der Waals surface area contributed by atoms with Crippen LogP contribution in [0.4, 0.5) is 0 Å². The van der Waals surface area contributed by atoms with Crippen LogP contribution in [0, 0.1) is 6.92 Å². The second-order valence-electron chi connectivity index (χ2n) is 4.26. The lowest BCUT2D eigenvalue weighted by Gasteiger charge is -2.12. The minimum Gasteiger partial charge on any atom is -0.493 e. The average Bonchev–Trinajstić information content (AvgIpc) is 2.81. The summed E-state index contributed by atoms with van der Waals surface area (Å²) in [4.78, 5) is 4.34. The number of nitrogens with zero attached hydrogens (tertiary/aromatic N) is 1. The van der Waals surface area contributed by atoms with Crippen molar-refractivity contribution in [1.82, 2.24) is 4.98 Å². The number of aromatic nitrogens is 1. The highest BCUT2D eigenvalue weighted by molar-refractivity contribution is 7.09. The molecule has 4 nitrogen and oxygen atoms in total. The van der Waals surface area contributed by atoms with E-state index < -0.39 is 6.10 Å². The summed E-state index contributed by atoms with van der Waals surface area (Å²) in [5.41, 5.74) is 1.80. The van der Waals surface area contributed by atoms with Gasteiger partial charge in [-0.2, -0.15) is 0 Å². The number of thiazole rings is 1. The Bertz CT molecular complexity index is 551. The summed E-state index contributed by atoms with van der Waals surface area (Å²) >= 11 is 1.57. The zero-order valence-corrected chi connectivity index (χ0v) is 12.0. The zero-order valence-electron chi connectivity index (χ0n) is 11.2. The Morgan fingerprint density at radius 1 is 1.37 bits per heavy atom. The Balaban J connectivity index is 2.11. The molecule has 0 spiro atoms. The summed E-state index contributed by atoms with van der Waals surface area (Å²) in [7, 11) is 1.58. The Morgan fingerprint density at radius 3 is 2.74 bits per heavy atom. The van der Waals surface area contributed by atoms with Gasteiger partial charge in [0.25, 0.3) is 0 Å². The highest BCUT2D eigenvalue weighted by Gasteiger charge is 2.09. The fraction of sp³-hybridized carbons (Fsp3) is 0.357. The highest BCUT2D eigenvalue weighted by Crippen LogP contribution is 2.31. The van der Waals surface area contributed by atoms with Crippen LogP contribution in [-0.4, -0.2) is 17.2 Å². The number of rotatable bonds is 5. The van der Waals surface area contributed by atoms with Gasteiger partial charge in [-0.15, -0.1) is 11.3 Å². The van der Waals surface area contributed by atoms with Crippen LogP contribution in [0.25, 0.3) is 0 Å². The first kappa shape index (κ1) is 13.8. The molecule has 2 rings (SSSR count). The van der Waals surface area contributed by atoms with Crippen molar-refractivity contribution in [2.24, 2.45) is 0 Å². The standard InChI is InChI=1S/C14H17NO3S/c1-9-8-19-14(15-9)7-18-12-5-4-11(10(2)16)6-13(12)17-3/h4-6,8,10,16H,7H2,1-3H3. The van der Waals surface area contributed by atoms with E-state index in [-0.39, 0.29) is 0 Å². The van der Waals surface area contributed by atoms with Gasteiger partial charge < -0.3 is 14.6 Å². The van der Waals surface area contributed by atoms with Gasteiger partial charge in [-0.1, -0.05) is 6.07 Å². The summed E-state index contributed by atoms with van der Waals surface area (Å²) in [6.07, 6.45) is -0.524. The monoisotopic (exact) mass is 279 g/mol. The molecule has 2 aromatic rings. The van der Waals surface area contributed by atoms with E-state index in [9.17, 15) is 5.11 Å². The molecule has 0 radical (unpaired) electrons. The predicted molar refractivity (Wildman–Crippen MR) is 74.8 cm³/mol. The van der Waals surface area contributed by atoms with E-state index in [1.54, 1.807) is 37.5 Å². The molecule has 19 heavy (non-hydrogen) atoms. The van der Waals surface area contributed by atoms with Gasteiger partial charge in [0.1, 0.15) is 11.6 Å². The van der Waals surface area contributed by atoms with Crippen molar-refractivity contribution in [3.63, 3.8) is 0 Å². The van der Waals surface area contributed by atoms with Crippen molar-refractivity contribution >= 4 is 11.3 Å². The lowest BCUT2D eigenvalue weighted by molar-refractivity contribution is 0.198. The molecule has 0 saturated carbocycles. The lowest BCUT2D eigenvalue weighted by atomic mass is 10.1. The number of aryl methyl sites for hydroxylation is 1. The topological polar surface area (TPSA) is 51.6 Å². The van der Waals surface area contributed by atoms with Crippen molar-refractivity contribution in [2.45, 2.75) is 26.6 Å². The van der Waals surface area contributed by atoms with Gasteiger partial charge in [0.15, 0.2) is 11.5 Å². The molecule has 102 valence electrons. The van der Waals surface area contributed by atoms with Gasteiger partial charge in [-0.25, -0.2) is 4.98 Å². The van der Waals surface area contributed by atoms with Crippen LogP contribution in [-0.2, 0) is 6.61 Å². The highest BCUT2D eigenvalue weighted by atomic mass is 32.1. The molecule has 0 saturated heterocycles. The number of ether oxygens (including phenoxy) is 2. The first-order chi connectivity index (χ1) is 9.10. The Labute approximate surface area is 116 Å². The van der Waals surface area contributed by atoms with Gasteiger partial charge in [0, 0.05) is 11.1 Å². The second kappa shape index (κ2) is 6.04. The molecule has 1 aromatic heterocycles. The first-order valence-electron chi connectivity index (χ1n) is 6.00. The molecule has 1 aromatic carbocycles. The zero-order chi connectivity index (χ0) is 13.8. The molecule has 0 aliphatic carbocycles. The molecule has 0 amide bonds. The summed E-state index contributed by atoms with van der Waals surface area (Å²) in [5, 5.41) is 12.5. The molecule has 0 bridgehead atoms. The smallest absolute Gasteiger partial charge is 0.161 e. The molecule has 1 N–H and O–H groups in total. The third kappa shape index (κ3) is 3.45. The SMILES string of the molecule is COc1cc(C(C)O)ccc1OCc1nc(C)cs1. The van der Waals surface area contributed by atoms with Gasteiger partial charge >= 0.3 is 0 Å². The fourth-order valence-electron chi connectivity index (χ4n) is 1.67. The van der Waals surface area contributed by atoms with E-state index in [4.69, 9.17) is 9.47 Å². The van der Waals surface area contributed by atoms with Crippen LogP contribution >= 0.6 is 11.3 Å². The summed E-state index contributed by atoms with van der Waals surface area (Å²) in [5.74, 6) is 1.27. The van der Waals surface area contributed by atoms with Crippen LogP contribution in [0.2, 0.25) is 0 Å². The van der Waals surface area contributed by atoms with Crippen LogP contribution in [0.15, 0.2) is 23.6 Å². The van der Waals surface area contributed by atoms with E-state index in [1.807, 2.05) is 18.4 Å². The Hall–Kier alpha value is -1.59. The fourth-order valence-corrected chi connectivity index (χ4v) is 2.35. The summed E-state index contributed by atoms with van der Waals surface area (Å²) in [6.45, 7) is 4.09. The van der Waals surface area contributed by atoms with Crippen LogP contribution in [0.1, 0.15) is 29.3 Å². The summed E-state index contributed by atoms with van der Waals surface area (Å²) < 4.78 is 11.0. The predicted octanol–water partition coefficient (Wildman–Crippen LogP) is 3.09.